The van der Waals surface area contributed by atoms with Gasteiger partial charge in [0.05, 0.1) is 20.1 Å². The van der Waals surface area contributed by atoms with E-state index in [9.17, 15) is 4.79 Å². The van der Waals surface area contributed by atoms with E-state index in [4.69, 9.17) is 5.11 Å². The van der Waals surface area contributed by atoms with Crippen LogP contribution in [0.2, 0.25) is 0 Å². The van der Waals surface area contributed by atoms with E-state index in [0.29, 0.717) is 0 Å². The number of piperidine rings is 1. The minimum absolute atomic E-state index is 0.163. The Morgan fingerprint density at radius 3 is 2.67 bits per heavy atom. The molecule has 1 aliphatic rings. The van der Waals surface area contributed by atoms with Crippen molar-refractivity contribution in [3.63, 3.8) is 0 Å². The first kappa shape index (κ1) is 9.52. The topological polar surface area (TPSA) is 37.3 Å². The minimum atomic E-state index is -0.626. The average Bonchev–Trinajstić information content (AvgIpc) is 2.05. The fraction of sp³-hybridized carbons (Fsp3) is 0.889. The highest BCUT2D eigenvalue weighted by Gasteiger charge is 2.38. The normalized spacial score (nSPS) is 36.3. The molecule has 0 radical (unpaired) electrons. The highest BCUT2D eigenvalue weighted by molar-refractivity contribution is 5.72. The molecule has 1 fully saturated rings. The van der Waals surface area contributed by atoms with E-state index in [2.05, 4.69) is 14.0 Å². The Hall–Kier alpha value is -0.570. The van der Waals surface area contributed by atoms with Crippen molar-refractivity contribution in [3.8, 4) is 0 Å². The summed E-state index contributed by atoms with van der Waals surface area (Å²) in [6.45, 7) is 4.02. The van der Waals surface area contributed by atoms with Gasteiger partial charge in [-0.15, -0.1) is 0 Å². The van der Waals surface area contributed by atoms with E-state index >= 15 is 0 Å². The van der Waals surface area contributed by atoms with Crippen molar-refractivity contribution in [1.82, 2.24) is 0 Å². The monoisotopic (exact) mass is 172 g/mol. The summed E-state index contributed by atoms with van der Waals surface area (Å²) in [7, 11) is 2.05. The summed E-state index contributed by atoms with van der Waals surface area (Å²) in [5.41, 5.74) is 0. The molecule has 2 atom stereocenters. The SMILES string of the molecule is CC[N+]1(C)CCCCC1C(=O)O. The second kappa shape index (κ2) is 3.44. The summed E-state index contributed by atoms with van der Waals surface area (Å²) in [6.07, 6.45) is 3.10. The van der Waals surface area contributed by atoms with Gasteiger partial charge in [-0.1, -0.05) is 0 Å². The first-order valence-corrected chi connectivity index (χ1v) is 4.67. The summed E-state index contributed by atoms with van der Waals surface area (Å²) in [5.74, 6) is -0.626. The van der Waals surface area contributed by atoms with E-state index < -0.39 is 5.97 Å². The van der Waals surface area contributed by atoms with Crippen LogP contribution in [0.15, 0.2) is 0 Å². The number of hydrogen-bond acceptors (Lipinski definition) is 1. The maximum atomic E-state index is 10.9. The Balaban J connectivity index is 2.73. The molecule has 0 aromatic carbocycles. The highest BCUT2D eigenvalue weighted by atomic mass is 16.4. The van der Waals surface area contributed by atoms with Crippen molar-refractivity contribution < 1.29 is 14.4 Å². The molecule has 3 heteroatoms. The number of carboxylic acid groups (broad SMARTS) is 1. The van der Waals surface area contributed by atoms with Crippen LogP contribution in [0.1, 0.15) is 26.2 Å². The van der Waals surface area contributed by atoms with Gasteiger partial charge in [-0.25, -0.2) is 4.79 Å². The highest BCUT2D eigenvalue weighted by Crippen LogP contribution is 2.23. The first-order chi connectivity index (χ1) is 5.60. The molecule has 70 valence electrons. The number of carboxylic acids is 1. The zero-order valence-corrected chi connectivity index (χ0v) is 7.92. The quantitative estimate of drug-likeness (QED) is 0.633. The number of likely N-dealkylation sites (tertiary alicyclic amines) is 1. The number of aliphatic carboxylic acids is 1. The second-order valence-corrected chi connectivity index (χ2v) is 3.87. The van der Waals surface area contributed by atoms with Gasteiger partial charge < -0.3 is 9.59 Å². The number of nitrogens with zero attached hydrogens (tertiary/aromatic N) is 1. The van der Waals surface area contributed by atoms with Gasteiger partial charge in [0.15, 0.2) is 6.04 Å². The smallest absolute Gasteiger partial charge is 0.362 e. The first-order valence-electron chi connectivity index (χ1n) is 4.67. The molecule has 1 rings (SSSR count). The fourth-order valence-electron chi connectivity index (χ4n) is 2.05. The van der Waals surface area contributed by atoms with Crippen molar-refractivity contribution >= 4 is 5.97 Å². The number of likely N-dealkylation sites (N-methyl/N-ethyl adjacent to an activating group) is 1. The van der Waals surface area contributed by atoms with Crippen molar-refractivity contribution in [2.45, 2.75) is 32.2 Å². The van der Waals surface area contributed by atoms with E-state index in [1.807, 2.05) is 0 Å². The minimum Gasteiger partial charge on any atom is -0.477 e. The summed E-state index contributed by atoms with van der Waals surface area (Å²) in [6, 6.07) is -0.163. The third-order valence-corrected chi connectivity index (χ3v) is 3.16. The second-order valence-electron chi connectivity index (χ2n) is 3.87. The van der Waals surface area contributed by atoms with Crippen LogP contribution in [0, 0.1) is 0 Å². The van der Waals surface area contributed by atoms with Crippen molar-refractivity contribution in [2.75, 3.05) is 20.1 Å². The van der Waals surface area contributed by atoms with Crippen LogP contribution in [-0.4, -0.2) is 41.7 Å². The summed E-state index contributed by atoms with van der Waals surface area (Å²) in [4.78, 5) is 10.9. The molecule has 1 aliphatic heterocycles. The van der Waals surface area contributed by atoms with Gasteiger partial charge in [0.25, 0.3) is 0 Å². The third kappa shape index (κ3) is 1.61. The summed E-state index contributed by atoms with van der Waals surface area (Å²) in [5, 5.41) is 8.99. The van der Waals surface area contributed by atoms with E-state index in [0.717, 1.165) is 30.4 Å². The molecule has 0 spiro atoms. The molecule has 12 heavy (non-hydrogen) atoms. The molecule has 0 bridgehead atoms. The zero-order valence-electron chi connectivity index (χ0n) is 7.92. The van der Waals surface area contributed by atoms with Crippen molar-refractivity contribution in [1.29, 1.82) is 0 Å². The standard InChI is InChI=1S/C9H17NO2/c1-3-10(2)7-5-4-6-8(10)9(11)12/h8H,3-7H2,1-2H3/p+1. The molecule has 0 aromatic rings. The van der Waals surface area contributed by atoms with Gasteiger partial charge in [-0.05, 0) is 19.8 Å². The Morgan fingerprint density at radius 1 is 1.58 bits per heavy atom. The fourth-order valence-corrected chi connectivity index (χ4v) is 2.05. The molecule has 0 saturated carbocycles. The van der Waals surface area contributed by atoms with Gasteiger partial charge in [0.2, 0.25) is 0 Å². The molecule has 2 unspecified atom stereocenters. The molecule has 0 amide bonds. The molecule has 3 nitrogen and oxygen atoms in total. The lowest BCUT2D eigenvalue weighted by Gasteiger charge is -2.41. The number of rotatable bonds is 2. The summed E-state index contributed by atoms with van der Waals surface area (Å²) >= 11 is 0. The predicted molar refractivity (Wildman–Crippen MR) is 46.9 cm³/mol. The third-order valence-electron chi connectivity index (χ3n) is 3.16. The molecule has 0 aromatic heterocycles. The molecule has 0 aliphatic carbocycles. The van der Waals surface area contributed by atoms with Gasteiger partial charge in [-0.3, -0.25) is 0 Å². The maximum absolute atomic E-state index is 10.9. The Kier molecular flexibility index (Phi) is 2.73. The van der Waals surface area contributed by atoms with Crippen LogP contribution in [0.4, 0.5) is 0 Å². The van der Waals surface area contributed by atoms with E-state index in [1.165, 1.54) is 6.42 Å². The van der Waals surface area contributed by atoms with Crippen LogP contribution in [0.3, 0.4) is 0 Å². The number of hydrogen-bond donors (Lipinski definition) is 1. The number of carbonyl (C=O) groups is 1. The lowest BCUT2D eigenvalue weighted by Crippen LogP contribution is -2.58. The van der Waals surface area contributed by atoms with Crippen molar-refractivity contribution in [2.24, 2.45) is 0 Å². The average molecular weight is 172 g/mol. The van der Waals surface area contributed by atoms with E-state index in [-0.39, 0.29) is 6.04 Å². The lowest BCUT2D eigenvalue weighted by molar-refractivity contribution is -0.928. The molecule has 1 heterocycles. The van der Waals surface area contributed by atoms with Gasteiger partial charge >= 0.3 is 5.97 Å². The van der Waals surface area contributed by atoms with Gasteiger partial charge in [0, 0.05) is 6.42 Å². The van der Waals surface area contributed by atoms with Crippen LogP contribution in [0.25, 0.3) is 0 Å². The van der Waals surface area contributed by atoms with Gasteiger partial charge in [0.1, 0.15) is 0 Å². The van der Waals surface area contributed by atoms with Crippen LogP contribution >= 0.6 is 0 Å². The molecular weight excluding hydrogens is 154 g/mol. The van der Waals surface area contributed by atoms with E-state index in [1.54, 1.807) is 0 Å². The van der Waals surface area contributed by atoms with Crippen LogP contribution in [0.5, 0.6) is 0 Å². The predicted octanol–water partition coefficient (Wildman–Crippen LogP) is 1.09. The largest absolute Gasteiger partial charge is 0.477 e. The number of quaternary nitrogens is 1. The molecule has 1 N–H and O–H groups in total. The van der Waals surface area contributed by atoms with Crippen molar-refractivity contribution in [3.05, 3.63) is 0 Å². The summed E-state index contributed by atoms with van der Waals surface area (Å²) < 4.78 is 0.718. The Bertz CT molecular complexity index is 181. The molecular formula is C9H18NO2+. The van der Waals surface area contributed by atoms with Crippen LogP contribution in [-0.2, 0) is 4.79 Å². The Labute approximate surface area is 73.6 Å². The Morgan fingerprint density at radius 2 is 2.25 bits per heavy atom. The van der Waals surface area contributed by atoms with Crippen LogP contribution < -0.4 is 0 Å². The zero-order chi connectivity index (χ0) is 9.19. The maximum Gasteiger partial charge on any atom is 0.362 e. The lowest BCUT2D eigenvalue weighted by atomic mass is 9.99. The van der Waals surface area contributed by atoms with Gasteiger partial charge in [-0.2, -0.15) is 0 Å². The molecule has 1 saturated heterocycles.